The summed E-state index contributed by atoms with van der Waals surface area (Å²) in [4.78, 5) is 14.9. The molecule has 2 rings (SSSR count). The lowest BCUT2D eigenvalue weighted by Crippen LogP contribution is -2.35. The van der Waals surface area contributed by atoms with Crippen LogP contribution in [0.15, 0.2) is 17.5 Å². The Kier molecular flexibility index (Phi) is 3.22. The van der Waals surface area contributed by atoms with Crippen LogP contribution in [0.4, 0.5) is 0 Å². The molecule has 3 heteroatoms. The number of nitrogens with zero attached hydrogens (tertiary/aromatic N) is 1. The van der Waals surface area contributed by atoms with E-state index in [2.05, 4.69) is 18.9 Å². The van der Waals surface area contributed by atoms with Crippen LogP contribution >= 0.6 is 11.3 Å². The molecule has 1 saturated carbocycles. The van der Waals surface area contributed by atoms with Crippen LogP contribution in [0.5, 0.6) is 0 Å². The maximum Gasteiger partial charge on any atom is 0.186 e. The quantitative estimate of drug-likeness (QED) is 0.715. The predicted octanol–water partition coefficient (Wildman–Crippen LogP) is 2.66. The van der Waals surface area contributed by atoms with Crippen LogP contribution in [0.25, 0.3) is 0 Å². The van der Waals surface area contributed by atoms with Gasteiger partial charge in [0, 0.05) is 6.04 Å². The first kappa shape index (κ1) is 10.8. The zero-order valence-corrected chi connectivity index (χ0v) is 10.1. The molecule has 0 aliphatic heterocycles. The molecule has 1 aliphatic rings. The van der Waals surface area contributed by atoms with Gasteiger partial charge in [-0.1, -0.05) is 6.07 Å². The number of likely N-dealkylation sites (N-methyl/N-ethyl adjacent to an activating group) is 1. The molecule has 1 fully saturated rings. The van der Waals surface area contributed by atoms with Crippen molar-refractivity contribution in [1.29, 1.82) is 0 Å². The average Bonchev–Trinajstić information content (AvgIpc) is 2.91. The van der Waals surface area contributed by atoms with Crippen molar-refractivity contribution in [2.24, 2.45) is 5.92 Å². The van der Waals surface area contributed by atoms with Gasteiger partial charge in [-0.15, -0.1) is 11.3 Å². The van der Waals surface area contributed by atoms with E-state index >= 15 is 0 Å². The molecule has 1 aliphatic carbocycles. The standard InChI is InChI=1S/C12H17NOS/c1-9(10-5-6-10)13(2)8-11(14)12-4-3-7-15-12/h3-4,7,9-10H,5-6,8H2,1-2H3. The molecule has 1 aromatic heterocycles. The van der Waals surface area contributed by atoms with E-state index in [4.69, 9.17) is 0 Å². The van der Waals surface area contributed by atoms with Crippen LogP contribution in [0.2, 0.25) is 0 Å². The highest BCUT2D eigenvalue weighted by Crippen LogP contribution is 2.34. The van der Waals surface area contributed by atoms with Crippen molar-refractivity contribution in [1.82, 2.24) is 4.90 Å². The Bertz CT molecular complexity index is 329. The number of hydrogen-bond donors (Lipinski definition) is 0. The molecule has 0 saturated heterocycles. The smallest absolute Gasteiger partial charge is 0.186 e. The van der Waals surface area contributed by atoms with Crippen molar-refractivity contribution in [3.63, 3.8) is 0 Å². The molecule has 82 valence electrons. The molecule has 15 heavy (non-hydrogen) atoms. The number of Topliss-reactive ketones (excluding diaryl/α,β-unsaturated/α-hetero) is 1. The van der Waals surface area contributed by atoms with Gasteiger partial charge in [0.05, 0.1) is 11.4 Å². The Hall–Kier alpha value is -0.670. The van der Waals surface area contributed by atoms with Gasteiger partial charge in [-0.2, -0.15) is 0 Å². The largest absolute Gasteiger partial charge is 0.296 e. The SMILES string of the molecule is CC(C1CC1)N(C)CC(=O)c1cccs1. The van der Waals surface area contributed by atoms with Crippen molar-refractivity contribution in [2.45, 2.75) is 25.8 Å². The van der Waals surface area contributed by atoms with Gasteiger partial charge in [0.15, 0.2) is 5.78 Å². The summed E-state index contributed by atoms with van der Waals surface area (Å²) in [6, 6.07) is 4.39. The van der Waals surface area contributed by atoms with Gasteiger partial charge >= 0.3 is 0 Å². The van der Waals surface area contributed by atoms with Gasteiger partial charge in [0.2, 0.25) is 0 Å². The number of carbonyl (C=O) groups excluding carboxylic acids is 1. The first-order valence-electron chi connectivity index (χ1n) is 5.45. The highest BCUT2D eigenvalue weighted by Gasteiger charge is 2.31. The summed E-state index contributed by atoms with van der Waals surface area (Å²) in [6.45, 7) is 2.78. The number of rotatable bonds is 5. The van der Waals surface area contributed by atoms with Crippen LogP contribution in [0, 0.1) is 5.92 Å². The van der Waals surface area contributed by atoms with Crippen molar-refractivity contribution in [3.05, 3.63) is 22.4 Å². The van der Waals surface area contributed by atoms with E-state index in [1.165, 1.54) is 24.2 Å². The molecule has 2 nitrogen and oxygen atoms in total. The molecular formula is C12H17NOS. The molecule has 1 atom stereocenters. The molecule has 0 radical (unpaired) electrons. The molecule has 0 spiro atoms. The minimum absolute atomic E-state index is 0.250. The molecule has 0 aromatic carbocycles. The van der Waals surface area contributed by atoms with Gasteiger partial charge in [0.1, 0.15) is 0 Å². The minimum Gasteiger partial charge on any atom is -0.296 e. The lowest BCUT2D eigenvalue weighted by molar-refractivity contribution is 0.0921. The van der Waals surface area contributed by atoms with Crippen LogP contribution in [0.1, 0.15) is 29.4 Å². The fourth-order valence-electron chi connectivity index (χ4n) is 1.82. The van der Waals surface area contributed by atoms with E-state index in [-0.39, 0.29) is 5.78 Å². The first-order valence-corrected chi connectivity index (χ1v) is 6.33. The highest BCUT2D eigenvalue weighted by atomic mass is 32.1. The summed E-state index contributed by atoms with van der Waals surface area (Å²) in [6.07, 6.45) is 2.66. The summed E-state index contributed by atoms with van der Waals surface area (Å²) < 4.78 is 0. The summed E-state index contributed by atoms with van der Waals surface area (Å²) in [5.74, 6) is 1.08. The van der Waals surface area contributed by atoms with Gasteiger partial charge in [-0.3, -0.25) is 9.69 Å². The average molecular weight is 223 g/mol. The van der Waals surface area contributed by atoms with E-state index in [0.29, 0.717) is 12.6 Å². The molecular weight excluding hydrogens is 206 g/mol. The van der Waals surface area contributed by atoms with Crippen LogP contribution in [-0.2, 0) is 0 Å². The summed E-state index contributed by atoms with van der Waals surface area (Å²) in [5.41, 5.74) is 0. The van der Waals surface area contributed by atoms with Gasteiger partial charge in [-0.05, 0) is 44.2 Å². The monoisotopic (exact) mass is 223 g/mol. The minimum atomic E-state index is 0.250. The van der Waals surface area contributed by atoms with Crippen LogP contribution < -0.4 is 0 Å². The third-order valence-electron chi connectivity index (χ3n) is 3.19. The molecule has 1 unspecified atom stereocenters. The fourth-order valence-corrected chi connectivity index (χ4v) is 2.48. The maximum absolute atomic E-state index is 11.8. The Balaban J connectivity index is 1.88. The highest BCUT2D eigenvalue weighted by molar-refractivity contribution is 7.12. The summed E-state index contributed by atoms with van der Waals surface area (Å²) in [7, 11) is 2.05. The molecule has 0 bridgehead atoms. The van der Waals surface area contributed by atoms with Crippen molar-refractivity contribution in [3.8, 4) is 0 Å². The van der Waals surface area contributed by atoms with Gasteiger partial charge in [0.25, 0.3) is 0 Å². The number of thiophene rings is 1. The second-order valence-electron chi connectivity index (χ2n) is 4.39. The first-order chi connectivity index (χ1) is 7.18. The van der Waals surface area contributed by atoms with E-state index in [1.807, 2.05) is 17.5 Å². The fraction of sp³-hybridized carbons (Fsp3) is 0.583. The summed E-state index contributed by atoms with van der Waals surface area (Å²) in [5, 5.41) is 1.96. The van der Waals surface area contributed by atoms with Crippen molar-refractivity contribution in [2.75, 3.05) is 13.6 Å². The van der Waals surface area contributed by atoms with Gasteiger partial charge in [-0.25, -0.2) is 0 Å². The third kappa shape index (κ3) is 2.67. The zero-order chi connectivity index (χ0) is 10.8. The van der Waals surface area contributed by atoms with Gasteiger partial charge < -0.3 is 0 Å². The van der Waals surface area contributed by atoms with Crippen molar-refractivity contribution < 1.29 is 4.79 Å². The Morgan fingerprint density at radius 3 is 2.93 bits per heavy atom. The van der Waals surface area contributed by atoms with Crippen LogP contribution in [0.3, 0.4) is 0 Å². The molecule has 1 heterocycles. The van der Waals surface area contributed by atoms with E-state index in [9.17, 15) is 4.79 Å². The third-order valence-corrected chi connectivity index (χ3v) is 4.10. The summed E-state index contributed by atoms with van der Waals surface area (Å²) >= 11 is 1.53. The van der Waals surface area contributed by atoms with E-state index < -0.39 is 0 Å². The number of hydrogen-bond acceptors (Lipinski definition) is 3. The molecule has 1 aromatic rings. The lowest BCUT2D eigenvalue weighted by atomic mass is 10.2. The second-order valence-corrected chi connectivity index (χ2v) is 5.34. The lowest BCUT2D eigenvalue weighted by Gasteiger charge is -2.23. The number of ketones is 1. The van der Waals surface area contributed by atoms with Crippen molar-refractivity contribution >= 4 is 17.1 Å². The predicted molar refractivity (Wildman–Crippen MR) is 63.5 cm³/mol. The topological polar surface area (TPSA) is 20.3 Å². The Labute approximate surface area is 94.9 Å². The number of carbonyl (C=O) groups is 1. The van der Waals surface area contributed by atoms with E-state index in [1.54, 1.807) is 0 Å². The van der Waals surface area contributed by atoms with E-state index in [0.717, 1.165) is 10.8 Å². The maximum atomic E-state index is 11.8. The second kappa shape index (κ2) is 4.45. The van der Waals surface area contributed by atoms with Crippen LogP contribution in [-0.4, -0.2) is 30.3 Å². The molecule has 0 amide bonds. The Morgan fingerprint density at radius 2 is 2.40 bits per heavy atom. The Morgan fingerprint density at radius 1 is 1.67 bits per heavy atom. The molecule has 0 N–H and O–H groups in total. The normalized spacial score (nSPS) is 18.1. The zero-order valence-electron chi connectivity index (χ0n) is 9.27.